The highest BCUT2D eigenvalue weighted by atomic mass is 16.6. The van der Waals surface area contributed by atoms with Gasteiger partial charge in [0.15, 0.2) is 0 Å². The molecule has 6 atom stereocenters. The van der Waals surface area contributed by atoms with Crippen LogP contribution in [0, 0.1) is 17.3 Å². The summed E-state index contributed by atoms with van der Waals surface area (Å²) < 4.78 is 22.4. The van der Waals surface area contributed by atoms with Crippen molar-refractivity contribution >= 4 is 11.9 Å². The van der Waals surface area contributed by atoms with E-state index in [1.165, 1.54) is 0 Å². The summed E-state index contributed by atoms with van der Waals surface area (Å²) in [5.41, 5.74) is -0.772. The molecule has 4 rings (SSSR count). The van der Waals surface area contributed by atoms with Crippen molar-refractivity contribution in [3.63, 3.8) is 0 Å². The molecule has 2 aliphatic carbocycles. The summed E-state index contributed by atoms with van der Waals surface area (Å²) in [5, 5.41) is 0. The fraction of sp³-hybridized carbons (Fsp3) is 0.905. The van der Waals surface area contributed by atoms with Gasteiger partial charge in [-0.1, -0.05) is 0 Å². The Morgan fingerprint density at radius 1 is 1.00 bits per heavy atom. The van der Waals surface area contributed by atoms with Gasteiger partial charge in [0.25, 0.3) is 0 Å². The van der Waals surface area contributed by atoms with Crippen molar-refractivity contribution in [1.29, 1.82) is 0 Å². The van der Waals surface area contributed by atoms with Crippen LogP contribution in [0.2, 0.25) is 0 Å². The van der Waals surface area contributed by atoms with Crippen molar-refractivity contribution < 1.29 is 28.5 Å². The topological polar surface area (TPSA) is 77.7 Å². The van der Waals surface area contributed by atoms with Crippen LogP contribution in [0.4, 0.5) is 0 Å². The van der Waals surface area contributed by atoms with Crippen LogP contribution in [0.1, 0.15) is 66.2 Å². The lowest BCUT2D eigenvalue weighted by Crippen LogP contribution is -2.36. The van der Waals surface area contributed by atoms with Gasteiger partial charge in [0, 0.05) is 0 Å². The molecule has 152 valence electrons. The highest BCUT2D eigenvalue weighted by Crippen LogP contribution is 2.50. The van der Waals surface area contributed by atoms with Gasteiger partial charge in [-0.3, -0.25) is 9.59 Å². The lowest BCUT2D eigenvalue weighted by molar-refractivity contribution is -0.164. The number of fused-ring (bicyclic) bond motifs is 2. The summed E-state index contributed by atoms with van der Waals surface area (Å²) in [6, 6.07) is 0. The van der Waals surface area contributed by atoms with Crippen LogP contribution >= 0.6 is 0 Å². The van der Waals surface area contributed by atoms with Crippen molar-refractivity contribution in [3.8, 4) is 0 Å². The number of ether oxygens (including phenoxy) is 4. The van der Waals surface area contributed by atoms with E-state index < -0.39 is 5.41 Å². The molecule has 2 saturated carbocycles. The number of carbonyl (C=O) groups excluding carboxylic acids is 2. The van der Waals surface area contributed by atoms with E-state index in [-0.39, 0.29) is 41.8 Å². The van der Waals surface area contributed by atoms with Gasteiger partial charge in [-0.15, -0.1) is 0 Å². The lowest BCUT2D eigenvalue weighted by Gasteiger charge is -2.27. The Balaban J connectivity index is 1.18. The maximum atomic E-state index is 12.5. The molecule has 2 aliphatic heterocycles. The predicted octanol–water partition coefficient (Wildman–Crippen LogP) is 3.01. The minimum Gasteiger partial charge on any atom is -0.465 e. The van der Waals surface area contributed by atoms with E-state index in [2.05, 4.69) is 13.8 Å². The zero-order valence-corrected chi connectivity index (χ0v) is 16.9. The van der Waals surface area contributed by atoms with Gasteiger partial charge < -0.3 is 18.9 Å². The number of esters is 2. The number of carbonyl (C=O) groups is 2. The molecular weight excluding hydrogens is 348 g/mol. The van der Waals surface area contributed by atoms with Crippen LogP contribution in [-0.4, -0.2) is 48.6 Å². The molecule has 4 aliphatic rings. The first-order chi connectivity index (χ1) is 12.6. The highest BCUT2D eigenvalue weighted by Gasteiger charge is 2.57. The summed E-state index contributed by atoms with van der Waals surface area (Å²) in [4.78, 5) is 24.9. The second-order valence-electron chi connectivity index (χ2n) is 10.0. The van der Waals surface area contributed by atoms with Gasteiger partial charge in [0.2, 0.25) is 0 Å². The maximum absolute atomic E-state index is 12.5. The van der Waals surface area contributed by atoms with Crippen LogP contribution in [0.25, 0.3) is 0 Å². The zero-order chi connectivity index (χ0) is 19.4. The molecular formula is C21H32O6. The van der Waals surface area contributed by atoms with E-state index >= 15 is 0 Å². The van der Waals surface area contributed by atoms with Gasteiger partial charge in [-0.2, -0.15) is 0 Å². The van der Waals surface area contributed by atoms with Crippen LogP contribution in [-0.2, 0) is 28.5 Å². The van der Waals surface area contributed by atoms with Gasteiger partial charge >= 0.3 is 11.9 Å². The summed E-state index contributed by atoms with van der Waals surface area (Å²) in [5.74, 6) is -0.275. The summed E-state index contributed by atoms with van der Waals surface area (Å²) in [7, 11) is 0. The molecule has 0 radical (unpaired) electrons. The van der Waals surface area contributed by atoms with E-state index in [1.54, 1.807) is 13.8 Å². The van der Waals surface area contributed by atoms with E-state index in [0.717, 1.165) is 38.5 Å². The fourth-order valence-electron chi connectivity index (χ4n) is 4.55. The van der Waals surface area contributed by atoms with E-state index in [4.69, 9.17) is 18.9 Å². The summed E-state index contributed by atoms with van der Waals surface area (Å²) in [6.07, 6.45) is 5.96. The number of hydrogen-bond acceptors (Lipinski definition) is 6. The molecule has 0 N–H and O–H groups in total. The molecule has 0 amide bonds. The average Bonchev–Trinajstić information content (AvgIpc) is 3.49. The number of epoxide rings is 2. The molecule has 0 aromatic heterocycles. The van der Waals surface area contributed by atoms with Crippen LogP contribution in [0.5, 0.6) is 0 Å². The normalized spacial score (nSPS) is 42.5. The van der Waals surface area contributed by atoms with E-state index in [9.17, 15) is 9.59 Å². The van der Waals surface area contributed by atoms with Crippen molar-refractivity contribution in [1.82, 2.24) is 0 Å². The van der Waals surface area contributed by atoms with E-state index in [1.807, 2.05) is 0 Å². The fourth-order valence-corrected chi connectivity index (χ4v) is 4.55. The zero-order valence-electron chi connectivity index (χ0n) is 16.9. The Morgan fingerprint density at radius 2 is 1.63 bits per heavy atom. The molecule has 2 saturated heterocycles. The first kappa shape index (κ1) is 19.2. The predicted molar refractivity (Wildman–Crippen MR) is 96.9 cm³/mol. The van der Waals surface area contributed by atoms with Crippen molar-refractivity contribution in [2.45, 2.75) is 89.6 Å². The average molecular weight is 380 g/mol. The Labute approximate surface area is 161 Å². The molecule has 2 heterocycles. The molecule has 6 nitrogen and oxygen atoms in total. The summed E-state index contributed by atoms with van der Waals surface area (Å²) in [6.45, 7) is 8.27. The smallest absolute Gasteiger partial charge is 0.314 e. The molecule has 0 bridgehead atoms. The first-order valence-electron chi connectivity index (χ1n) is 10.3. The van der Waals surface area contributed by atoms with Gasteiger partial charge in [0.05, 0.1) is 41.3 Å². The minimum absolute atomic E-state index is 0.0120. The maximum Gasteiger partial charge on any atom is 0.314 e. The Hall–Kier alpha value is -1.14. The molecule has 0 aromatic rings. The molecule has 27 heavy (non-hydrogen) atoms. The third kappa shape index (κ3) is 3.88. The SMILES string of the molecule is CC(C)(COC(=O)C1CCC2(C)OC2C1)C(=O)OCC1CCC2(C)OC2C1. The van der Waals surface area contributed by atoms with Gasteiger partial charge in [-0.05, 0) is 72.1 Å². The van der Waals surface area contributed by atoms with Gasteiger partial charge in [0.1, 0.15) is 6.61 Å². The van der Waals surface area contributed by atoms with Gasteiger partial charge in [-0.25, -0.2) is 0 Å². The second-order valence-corrected chi connectivity index (χ2v) is 10.0. The number of rotatable bonds is 6. The first-order valence-corrected chi connectivity index (χ1v) is 10.3. The van der Waals surface area contributed by atoms with Crippen LogP contribution < -0.4 is 0 Å². The third-order valence-corrected chi connectivity index (χ3v) is 7.07. The van der Waals surface area contributed by atoms with Crippen molar-refractivity contribution in [3.05, 3.63) is 0 Å². The van der Waals surface area contributed by atoms with Crippen LogP contribution in [0.15, 0.2) is 0 Å². The van der Waals surface area contributed by atoms with Crippen LogP contribution in [0.3, 0.4) is 0 Å². The molecule has 4 fully saturated rings. The minimum atomic E-state index is -0.839. The Kier molecular flexibility index (Phi) is 4.58. The molecule has 6 unspecified atom stereocenters. The second kappa shape index (κ2) is 6.45. The lowest BCUT2D eigenvalue weighted by atomic mass is 9.83. The quantitative estimate of drug-likeness (QED) is 0.521. The Morgan fingerprint density at radius 3 is 2.26 bits per heavy atom. The molecule has 6 heteroatoms. The highest BCUT2D eigenvalue weighted by molar-refractivity contribution is 5.77. The molecule has 0 spiro atoms. The summed E-state index contributed by atoms with van der Waals surface area (Å²) >= 11 is 0. The third-order valence-electron chi connectivity index (χ3n) is 7.07. The monoisotopic (exact) mass is 380 g/mol. The number of hydrogen-bond donors (Lipinski definition) is 0. The standard InChI is InChI=1S/C21H32O6/c1-19(2,12-25-17(22)14-6-8-21(4)16(10-14)27-21)18(23)24-11-13-5-7-20(3)15(9-13)26-20/h13-16H,5-12H2,1-4H3. The Bertz CT molecular complexity index is 630. The van der Waals surface area contributed by atoms with Crippen molar-refractivity contribution in [2.75, 3.05) is 13.2 Å². The van der Waals surface area contributed by atoms with Crippen molar-refractivity contribution in [2.24, 2.45) is 17.3 Å². The van der Waals surface area contributed by atoms with E-state index in [0.29, 0.717) is 18.6 Å². The largest absolute Gasteiger partial charge is 0.465 e. The molecule has 0 aromatic carbocycles.